The second kappa shape index (κ2) is 11.3. The van der Waals surface area contributed by atoms with Crippen LogP contribution in [0.3, 0.4) is 0 Å². The van der Waals surface area contributed by atoms with E-state index in [1.807, 2.05) is 0 Å². The highest BCUT2D eigenvalue weighted by Gasteiger charge is 2.47. The first-order chi connectivity index (χ1) is 27.3. The van der Waals surface area contributed by atoms with E-state index in [1.165, 1.54) is 11.1 Å². The predicted molar refractivity (Wildman–Crippen MR) is 220 cm³/mol. The van der Waals surface area contributed by atoms with Crippen molar-refractivity contribution in [1.82, 2.24) is 24.5 Å². The number of aromatic nitrogens is 5. The Kier molecular flexibility index (Phi) is 6.17. The van der Waals surface area contributed by atoms with Crippen molar-refractivity contribution in [1.29, 1.82) is 0 Å². The monoisotopic (exact) mass is 702 g/mol. The molecule has 10 aromatic rings. The van der Waals surface area contributed by atoms with E-state index >= 15 is 0 Å². The van der Waals surface area contributed by atoms with E-state index in [1.54, 1.807) is 0 Å². The molecular weight excluding hydrogens is 673 g/mol. The van der Waals surface area contributed by atoms with Crippen molar-refractivity contribution in [3.63, 3.8) is 0 Å². The highest BCUT2D eigenvalue weighted by atomic mass is 15.3. The second-order valence-corrected chi connectivity index (χ2v) is 14.2. The molecule has 4 heterocycles. The molecule has 0 radical (unpaired) electrons. The van der Waals surface area contributed by atoms with E-state index in [-0.39, 0.29) is 0 Å². The average molecular weight is 703 g/mol. The Morgan fingerprint density at radius 2 is 0.818 bits per heavy atom. The van der Waals surface area contributed by atoms with Gasteiger partial charge < -0.3 is 0 Å². The lowest BCUT2D eigenvalue weighted by molar-refractivity contribution is 0.729. The van der Waals surface area contributed by atoms with Gasteiger partial charge >= 0.3 is 0 Å². The van der Waals surface area contributed by atoms with Crippen molar-refractivity contribution < 1.29 is 0 Å². The van der Waals surface area contributed by atoms with Crippen LogP contribution in [0.5, 0.6) is 0 Å². The molecule has 3 aromatic heterocycles. The largest absolute Gasteiger partial charge is 0.278 e. The van der Waals surface area contributed by atoms with Crippen molar-refractivity contribution in [3.8, 4) is 28.5 Å². The molecule has 0 fully saturated rings. The molecule has 6 nitrogen and oxygen atoms in total. The van der Waals surface area contributed by atoms with E-state index in [4.69, 9.17) is 19.9 Å². The summed E-state index contributed by atoms with van der Waals surface area (Å²) in [7, 11) is 0. The summed E-state index contributed by atoms with van der Waals surface area (Å²) in [5.41, 5.74) is 12.6. The SMILES string of the molecule is c1ccc(C2(c3ccccc3)c3ccccc3N(c3nc4c5c(nc(-n6c7ccccc7c7ccccc76)nc5n3)-c3ccccc3-4)c3ccccc32)cc1. The summed E-state index contributed by atoms with van der Waals surface area (Å²) in [6, 6.07) is 64.4. The summed E-state index contributed by atoms with van der Waals surface area (Å²) in [6.07, 6.45) is 0. The van der Waals surface area contributed by atoms with E-state index in [0.29, 0.717) is 17.5 Å². The maximum absolute atomic E-state index is 5.45. The molecule has 256 valence electrons. The highest BCUT2D eigenvalue weighted by molar-refractivity contribution is 6.12. The molecule has 55 heavy (non-hydrogen) atoms. The van der Waals surface area contributed by atoms with Gasteiger partial charge in [-0.15, -0.1) is 0 Å². The molecule has 2 aliphatic rings. The Bertz CT molecular complexity index is 3030. The lowest BCUT2D eigenvalue weighted by Gasteiger charge is -2.45. The Morgan fingerprint density at radius 3 is 1.38 bits per heavy atom. The van der Waals surface area contributed by atoms with E-state index < -0.39 is 5.41 Å². The molecule has 0 bridgehead atoms. The van der Waals surface area contributed by atoms with Crippen LogP contribution in [-0.2, 0) is 5.41 Å². The number of anilines is 3. The molecular formula is C49H30N6. The summed E-state index contributed by atoms with van der Waals surface area (Å²) in [4.78, 5) is 23.7. The van der Waals surface area contributed by atoms with Crippen LogP contribution in [0.2, 0.25) is 0 Å². The third kappa shape index (κ3) is 4.02. The zero-order valence-electron chi connectivity index (χ0n) is 29.5. The van der Waals surface area contributed by atoms with Crippen LogP contribution in [-0.4, -0.2) is 24.5 Å². The molecule has 0 saturated carbocycles. The van der Waals surface area contributed by atoms with Gasteiger partial charge in [0, 0.05) is 21.9 Å². The van der Waals surface area contributed by atoms with Gasteiger partial charge in [0.2, 0.25) is 11.9 Å². The Labute approximate surface area is 316 Å². The van der Waals surface area contributed by atoms with Gasteiger partial charge in [-0.05, 0) is 46.5 Å². The third-order valence-electron chi connectivity index (χ3n) is 11.5. The quantitative estimate of drug-likeness (QED) is 0.183. The maximum Gasteiger partial charge on any atom is 0.237 e. The molecule has 0 saturated heterocycles. The number of hydrogen-bond donors (Lipinski definition) is 0. The van der Waals surface area contributed by atoms with Gasteiger partial charge in [0.1, 0.15) is 0 Å². The van der Waals surface area contributed by atoms with Crippen LogP contribution >= 0.6 is 0 Å². The molecule has 7 aromatic carbocycles. The highest BCUT2D eigenvalue weighted by Crippen LogP contribution is 2.57. The van der Waals surface area contributed by atoms with Gasteiger partial charge in [-0.3, -0.25) is 9.47 Å². The summed E-state index contributed by atoms with van der Waals surface area (Å²) in [6.45, 7) is 0. The summed E-state index contributed by atoms with van der Waals surface area (Å²) in [5.74, 6) is 1.14. The summed E-state index contributed by atoms with van der Waals surface area (Å²) >= 11 is 0. The molecule has 1 aliphatic heterocycles. The molecule has 12 rings (SSSR count). The lowest BCUT2D eigenvalue weighted by Crippen LogP contribution is -2.38. The minimum atomic E-state index is -0.592. The fourth-order valence-corrected chi connectivity index (χ4v) is 9.26. The number of rotatable bonds is 4. The van der Waals surface area contributed by atoms with Crippen molar-refractivity contribution in [2.24, 2.45) is 0 Å². The normalized spacial score (nSPS) is 13.6. The molecule has 1 aliphatic carbocycles. The van der Waals surface area contributed by atoms with E-state index in [9.17, 15) is 0 Å². The second-order valence-electron chi connectivity index (χ2n) is 14.2. The van der Waals surface area contributed by atoms with Crippen LogP contribution in [0.15, 0.2) is 182 Å². The zero-order chi connectivity index (χ0) is 36.1. The molecule has 0 spiro atoms. The third-order valence-corrected chi connectivity index (χ3v) is 11.5. The zero-order valence-corrected chi connectivity index (χ0v) is 29.5. The lowest BCUT2D eigenvalue weighted by atomic mass is 9.62. The van der Waals surface area contributed by atoms with Gasteiger partial charge in [0.05, 0.1) is 44.6 Å². The fourth-order valence-electron chi connectivity index (χ4n) is 9.26. The number of fused-ring (bicyclic) bond motifs is 8. The van der Waals surface area contributed by atoms with Crippen LogP contribution in [0, 0.1) is 0 Å². The first kappa shape index (κ1) is 30.1. The first-order valence-electron chi connectivity index (χ1n) is 18.6. The number of nitrogens with zero attached hydrogens (tertiary/aromatic N) is 6. The van der Waals surface area contributed by atoms with Gasteiger partial charge in [0.15, 0.2) is 5.65 Å². The Morgan fingerprint density at radius 1 is 0.382 bits per heavy atom. The minimum Gasteiger partial charge on any atom is -0.278 e. The standard InChI is InChI=1S/C49H30N6/c1-3-17-31(18-4-1)49(32-19-5-2-6-20-32)37-25-11-15-29-41(37)55(42-30-16-12-26-38(42)49)48-51-45-36-24-8-7-23-35(36)44-43(45)46(53-48)52-47(50-44)54-39-27-13-9-21-33(39)34-22-10-14-28-40(34)54/h1-30H. The Hall–Kier alpha value is -7.44. The van der Waals surface area contributed by atoms with Gasteiger partial charge in [-0.1, -0.05) is 158 Å². The number of benzene rings is 7. The molecule has 0 amide bonds. The van der Waals surface area contributed by atoms with Crippen molar-refractivity contribution >= 4 is 50.2 Å². The van der Waals surface area contributed by atoms with Crippen molar-refractivity contribution in [3.05, 3.63) is 204 Å². The van der Waals surface area contributed by atoms with Gasteiger partial charge in [0.25, 0.3) is 0 Å². The van der Waals surface area contributed by atoms with Gasteiger partial charge in [-0.25, -0.2) is 9.97 Å². The van der Waals surface area contributed by atoms with Crippen LogP contribution in [0.4, 0.5) is 17.3 Å². The van der Waals surface area contributed by atoms with E-state index in [0.717, 1.165) is 72.2 Å². The van der Waals surface area contributed by atoms with Crippen LogP contribution < -0.4 is 4.90 Å². The summed E-state index contributed by atoms with van der Waals surface area (Å²) < 4.78 is 2.17. The smallest absolute Gasteiger partial charge is 0.237 e. The number of para-hydroxylation sites is 4. The number of hydrogen-bond acceptors (Lipinski definition) is 5. The van der Waals surface area contributed by atoms with Crippen LogP contribution in [0.1, 0.15) is 22.3 Å². The molecule has 6 heteroatoms. The van der Waals surface area contributed by atoms with E-state index in [2.05, 4.69) is 191 Å². The van der Waals surface area contributed by atoms with Crippen LogP contribution in [0.25, 0.3) is 61.3 Å². The van der Waals surface area contributed by atoms with Gasteiger partial charge in [-0.2, -0.15) is 9.97 Å². The molecule has 0 unspecified atom stereocenters. The first-order valence-corrected chi connectivity index (χ1v) is 18.6. The van der Waals surface area contributed by atoms with Crippen molar-refractivity contribution in [2.75, 3.05) is 4.90 Å². The fraction of sp³-hybridized carbons (Fsp3) is 0.0204. The average Bonchev–Trinajstić information content (AvgIpc) is 3.76. The summed E-state index contributed by atoms with van der Waals surface area (Å²) in [5, 5.41) is 3.19. The molecule has 0 N–H and O–H groups in total. The Balaban J connectivity index is 1.17. The van der Waals surface area contributed by atoms with Crippen molar-refractivity contribution in [2.45, 2.75) is 5.41 Å². The predicted octanol–water partition coefficient (Wildman–Crippen LogP) is 11.3. The topological polar surface area (TPSA) is 59.7 Å². The maximum atomic E-state index is 5.45. The minimum absolute atomic E-state index is 0.562. The molecule has 0 atom stereocenters.